The maximum atomic E-state index is 11.2. The monoisotopic (exact) mass is 196 g/mol. The van der Waals surface area contributed by atoms with E-state index in [0.717, 1.165) is 26.1 Å². The molecule has 1 aliphatic carbocycles. The molecule has 0 aromatic heterocycles. The number of hydrogen-bond acceptors (Lipinski definition) is 2. The Labute approximate surface area is 86.0 Å². The summed E-state index contributed by atoms with van der Waals surface area (Å²) in [4.78, 5) is 11.2. The molecule has 0 bridgehead atoms. The van der Waals surface area contributed by atoms with Crippen LogP contribution in [0.1, 0.15) is 45.4 Å². The van der Waals surface area contributed by atoms with Gasteiger partial charge >= 0.3 is 0 Å². The van der Waals surface area contributed by atoms with Crippen LogP contribution in [0.25, 0.3) is 0 Å². The minimum Gasteiger partial charge on any atom is -0.381 e. The molecule has 2 heteroatoms. The Morgan fingerprint density at radius 1 is 1.14 bits per heavy atom. The first kappa shape index (κ1) is 10.2. The highest BCUT2D eigenvalue weighted by atomic mass is 16.5. The first-order chi connectivity index (χ1) is 6.72. The van der Waals surface area contributed by atoms with Crippen LogP contribution in [-0.4, -0.2) is 19.0 Å². The third-order valence-corrected chi connectivity index (χ3v) is 4.17. The minimum absolute atomic E-state index is 0.364. The van der Waals surface area contributed by atoms with Crippen LogP contribution >= 0.6 is 0 Å². The Balaban J connectivity index is 1.90. The third-order valence-electron chi connectivity index (χ3n) is 4.17. The Morgan fingerprint density at radius 2 is 1.71 bits per heavy atom. The fourth-order valence-corrected chi connectivity index (χ4v) is 2.94. The molecule has 1 saturated carbocycles. The van der Waals surface area contributed by atoms with Crippen LogP contribution in [0.2, 0.25) is 0 Å². The summed E-state index contributed by atoms with van der Waals surface area (Å²) in [7, 11) is 0. The molecule has 0 aromatic rings. The third kappa shape index (κ3) is 2.00. The Bertz CT molecular complexity index is 206. The summed E-state index contributed by atoms with van der Waals surface area (Å²) in [5.41, 5.74) is 0.546. The molecule has 0 aromatic carbocycles. The van der Waals surface area contributed by atoms with Gasteiger partial charge in [0.25, 0.3) is 0 Å². The zero-order valence-electron chi connectivity index (χ0n) is 9.05. The van der Waals surface area contributed by atoms with Crippen molar-refractivity contribution in [2.24, 2.45) is 11.3 Å². The van der Waals surface area contributed by atoms with Crippen LogP contribution in [0.4, 0.5) is 0 Å². The van der Waals surface area contributed by atoms with Gasteiger partial charge in [0.2, 0.25) is 0 Å². The van der Waals surface area contributed by atoms with Crippen molar-refractivity contribution in [1.29, 1.82) is 0 Å². The number of ketones is 1. The predicted molar refractivity (Wildman–Crippen MR) is 55.1 cm³/mol. The van der Waals surface area contributed by atoms with Gasteiger partial charge < -0.3 is 4.74 Å². The number of carbonyl (C=O) groups is 1. The van der Waals surface area contributed by atoms with Crippen molar-refractivity contribution >= 4 is 5.78 Å². The smallest absolute Gasteiger partial charge is 0.132 e. The minimum atomic E-state index is 0.364. The van der Waals surface area contributed by atoms with Gasteiger partial charge in [-0.2, -0.15) is 0 Å². The van der Waals surface area contributed by atoms with Crippen molar-refractivity contribution in [1.82, 2.24) is 0 Å². The first-order valence-corrected chi connectivity index (χ1v) is 5.80. The van der Waals surface area contributed by atoms with E-state index in [1.54, 1.807) is 6.92 Å². The molecule has 2 nitrogen and oxygen atoms in total. The van der Waals surface area contributed by atoms with Gasteiger partial charge in [-0.05, 0) is 50.9 Å². The van der Waals surface area contributed by atoms with E-state index in [1.807, 2.05) is 0 Å². The molecule has 0 unspecified atom stereocenters. The van der Waals surface area contributed by atoms with E-state index in [-0.39, 0.29) is 0 Å². The van der Waals surface area contributed by atoms with Crippen molar-refractivity contribution in [2.75, 3.05) is 13.2 Å². The normalized spacial score (nSPS) is 27.8. The second kappa shape index (κ2) is 4.01. The zero-order valence-corrected chi connectivity index (χ0v) is 9.05. The highest BCUT2D eigenvalue weighted by Crippen LogP contribution is 2.45. The molecule has 1 spiro atoms. The summed E-state index contributed by atoms with van der Waals surface area (Å²) >= 11 is 0. The number of rotatable bonds is 1. The fraction of sp³-hybridized carbons (Fsp3) is 0.917. The summed E-state index contributed by atoms with van der Waals surface area (Å²) in [5.74, 6) is 0.760. The largest absolute Gasteiger partial charge is 0.381 e. The van der Waals surface area contributed by atoms with Crippen LogP contribution in [-0.2, 0) is 9.53 Å². The lowest BCUT2D eigenvalue weighted by atomic mass is 9.66. The molecule has 2 fully saturated rings. The van der Waals surface area contributed by atoms with Gasteiger partial charge in [0, 0.05) is 19.1 Å². The van der Waals surface area contributed by atoms with Crippen LogP contribution < -0.4 is 0 Å². The number of Topliss-reactive ketones (excluding diaryl/α,β-unsaturated/α-hetero) is 1. The van der Waals surface area contributed by atoms with Crippen molar-refractivity contribution in [3.63, 3.8) is 0 Å². The number of ether oxygens (including phenoxy) is 1. The van der Waals surface area contributed by atoms with Gasteiger partial charge in [0.1, 0.15) is 5.78 Å². The van der Waals surface area contributed by atoms with Crippen molar-refractivity contribution < 1.29 is 9.53 Å². The van der Waals surface area contributed by atoms with Crippen molar-refractivity contribution in [2.45, 2.75) is 45.4 Å². The van der Waals surface area contributed by atoms with Crippen LogP contribution in [0.5, 0.6) is 0 Å². The van der Waals surface area contributed by atoms with Gasteiger partial charge in [-0.25, -0.2) is 0 Å². The lowest BCUT2D eigenvalue weighted by molar-refractivity contribution is -0.123. The van der Waals surface area contributed by atoms with E-state index in [9.17, 15) is 4.79 Å². The van der Waals surface area contributed by atoms with Crippen LogP contribution in [0.15, 0.2) is 0 Å². The molecule has 1 aliphatic heterocycles. The SMILES string of the molecule is CC(=O)C1CCC2(CCOCC2)CC1. The van der Waals surface area contributed by atoms with Crippen LogP contribution in [0.3, 0.4) is 0 Å². The molecule has 1 heterocycles. The molecule has 0 N–H and O–H groups in total. The topological polar surface area (TPSA) is 26.3 Å². The van der Waals surface area contributed by atoms with Gasteiger partial charge in [0.05, 0.1) is 0 Å². The van der Waals surface area contributed by atoms with Crippen molar-refractivity contribution in [3.05, 3.63) is 0 Å². The van der Waals surface area contributed by atoms with Crippen molar-refractivity contribution in [3.8, 4) is 0 Å². The number of carbonyl (C=O) groups excluding carboxylic acids is 1. The Kier molecular flexibility index (Phi) is 2.91. The molecule has 2 aliphatic rings. The maximum Gasteiger partial charge on any atom is 0.132 e. The molecule has 2 rings (SSSR count). The molecule has 1 saturated heterocycles. The molecule has 14 heavy (non-hydrogen) atoms. The van der Waals surface area contributed by atoms with E-state index < -0.39 is 0 Å². The van der Waals surface area contributed by atoms with Gasteiger partial charge in [-0.3, -0.25) is 4.79 Å². The quantitative estimate of drug-likeness (QED) is 0.644. The van der Waals surface area contributed by atoms with Crippen LogP contribution in [0, 0.1) is 11.3 Å². The van der Waals surface area contributed by atoms with Gasteiger partial charge in [-0.15, -0.1) is 0 Å². The predicted octanol–water partition coefficient (Wildman–Crippen LogP) is 2.56. The zero-order chi connectivity index (χ0) is 10.0. The van der Waals surface area contributed by atoms with E-state index >= 15 is 0 Å². The molecule has 0 amide bonds. The van der Waals surface area contributed by atoms with Gasteiger partial charge in [0.15, 0.2) is 0 Å². The van der Waals surface area contributed by atoms with E-state index in [1.165, 1.54) is 25.7 Å². The summed E-state index contributed by atoms with van der Waals surface area (Å²) in [5, 5.41) is 0. The van der Waals surface area contributed by atoms with Gasteiger partial charge in [-0.1, -0.05) is 0 Å². The van der Waals surface area contributed by atoms with E-state index in [4.69, 9.17) is 4.74 Å². The maximum absolute atomic E-state index is 11.2. The fourth-order valence-electron chi connectivity index (χ4n) is 2.94. The summed E-state index contributed by atoms with van der Waals surface area (Å²) in [6.45, 7) is 3.61. The standard InChI is InChI=1S/C12H20O2/c1-10(13)11-2-4-12(5-3-11)6-8-14-9-7-12/h11H,2-9H2,1H3. The highest BCUT2D eigenvalue weighted by molar-refractivity contribution is 5.78. The van der Waals surface area contributed by atoms with E-state index in [0.29, 0.717) is 17.1 Å². The molecular weight excluding hydrogens is 176 g/mol. The summed E-state index contributed by atoms with van der Waals surface area (Å²) in [6, 6.07) is 0. The average molecular weight is 196 g/mol. The van der Waals surface area contributed by atoms with E-state index in [2.05, 4.69) is 0 Å². The Morgan fingerprint density at radius 3 is 2.21 bits per heavy atom. The lowest BCUT2D eigenvalue weighted by Crippen LogP contribution is -2.35. The highest BCUT2D eigenvalue weighted by Gasteiger charge is 2.37. The first-order valence-electron chi connectivity index (χ1n) is 5.80. The average Bonchev–Trinajstić information content (AvgIpc) is 2.19. The number of hydrogen-bond donors (Lipinski definition) is 0. The molecule has 0 radical (unpaired) electrons. The lowest BCUT2D eigenvalue weighted by Gasteiger charge is -2.42. The molecule has 80 valence electrons. The summed E-state index contributed by atoms with van der Waals surface area (Å²) < 4.78 is 5.40. The second-order valence-electron chi connectivity index (χ2n) is 5.00. The molecule has 0 atom stereocenters. The molecular formula is C12H20O2. The Hall–Kier alpha value is -0.370. The summed E-state index contributed by atoms with van der Waals surface area (Å²) in [6.07, 6.45) is 7.18. The second-order valence-corrected chi connectivity index (χ2v) is 5.00.